The van der Waals surface area contributed by atoms with Crippen molar-refractivity contribution in [3.8, 4) is 0 Å². The van der Waals surface area contributed by atoms with E-state index in [-0.39, 0.29) is 11.6 Å². The Morgan fingerprint density at radius 3 is 1.67 bits per heavy atom. The second-order valence-electron chi connectivity index (χ2n) is 6.15. The SMILES string of the molecule is [B]C(C)(C)C(C)(C)C1C(=O)c2ccccc2C1=O. The molecule has 0 amide bonds. The lowest BCUT2D eigenvalue weighted by molar-refractivity contribution is 0.0647. The zero-order valence-corrected chi connectivity index (χ0v) is 11.3. The van der Waals surface area contributed by atoms with Gasteiger partial charge in [0.15, 0.2) is 11.6 Å². The van der Waals surface area contributed by atoms with E-state index in [0.717, 1.165) is 0 Å². The van der Waals surface area contributed by atoms with Gasteiger partial charge in [-0.15, -0.1) is 0 Å². The molecule has 0 fully saturated rings. The van der Waals surface area contributed by atoms with E-state index >= 15 is 0 Å². The highest BCUT2D eigenvalue weighted by Gasteiger charge is 2.51. The maximum Gasteiger partial charge on any atom is 0.174 e. The lowest BCUT2D eigenvalue weighted by atomic mass is 9.51. The van der Waals surface area contributed by atoms with Crippen LogP contribution in [0.3, 0.4) is 0 Å². The second kappa shape index (κ2) is 3.81. The zero-order valence-electron chi connectivity index (χ0n) is 11.3. The van der Waals surface area contributed by atoms with Gasteiger partial charge in [0.1, 0.15) is 0 Å². The highest BCUT2D eigenvalue weighted by Crippen LogP contribution is 2.51. The Morgan fingerprint density at radius 1 is 0.944 bits per heavy atom. The van der Waals surface area contributed by atoms with Crippen LogP contribution in [0.1, 0.15) is 48.4 Å². The third kappa shape index (κ3) is 1.65. The average molecular weight is 240 g/mol. The molecule has 0 saturated heterocycles. The van der Waals surface area contributed by atoms with Crippen LogP contribution in [0.15, 0.2) is 24.3 Å². The van der Waals surface area contributed by atoms with Gasteiger partial charge in [0.05, 0.1) is 13.8 Å². The smallest absolute Gasteiger partial charge is 0.174 e. The van der Waals surface area contributed by atoms with E-state index in [1.807, 2.05) is 27.7 Å². The first-order chi connectivity index (χ1) is 8.18. The van der Waals surface area contributed by atoms with Crippen LogP contribution < -0.4 is 0 Å². The number of fused-ring (bicyclic) bond motifs is 1. The minimum absolute atomic E-state index is 0.0980. The summed E-state index contributed by atoms with van der Waals surface area (Å²) in [6, 6.07) is 7.00. The Bertz CT molecular complexity index is 489. The molecule has 0 heterocycles. The van der Waals surface area contributed by atoms with Gasteiger partial charge in [-0.05, 0) is 5.41 Å². The summed E-state index contributed by atoms with van der Waals surface area (Å²) < 4.78 is 0. The predicted octanol–water partition coefficient (Wildman–Crippen LogP) is 3.08. The van der Waals surface area contributed by atoms with Crippen molar-refractivity contribution in [2.45, 2.75) is 33.0 Å². The lowest BCUT2D eigenvalue weighted by Gasteiger charge is -2.42. The monoisotopic (exact) mass is 240 g/mol. The third-order valence-corrected chi connectivity index (χ3v) is 4.36. The van der Waals surface area contributed by atoms with Gasteiger partial charge in [0.25, 0.3) is 0 Å². The molecule has 0 N–H and O–H groups in total. The van der Waals surface area contributed by atoms with Crippen LogP contribution in [0.4, 0.5) is 0 Å². The fourth-order valence-corrected chi connectivity index (χ4v) is 2.37. The van der Waals surface area contributed by atoms with Gasteiger partial charge in [0, 0.05) is 11.1 Å². The summed E-state index contributed by atoms with van der Waals surface area (Å²) in [5.74, 6) is -0.867. The van der Waals surface area contributed by atoms with Crippen LogP contribution in [0.5, 0.6) is 0 Å². The van der Waals surface area contributed by atoms with Crippen LogP contribution >= 0.6 is 0 Å². The summed E-state index contributed by atoms with van der Waals surface area (Å²) in [4.78, 5) is 24.8. The van der Waals surface area contributed by atoms with Gasteiger partial charge in [0.2, 0.25) is 0 Å². The molecule has 1 aliphatic rings. The predicted molar refractivity (Wildman–Crippen MR) is 72.2 cm³/mol. The van der Waals surface area contributed by atoms with Gasteiger partial charge >= 0.3 is 0 Å². The standard InChI is InChI=1S/C15H17BO2/c1-14(2,15(3,4)16)11-12(17)9-7-5-6-8-10(9)13(11)18/h5-8,11H,1-4H3. The highest BCUT2D eigenvalue weighted by atomic mass is 16.2. The van der Waals surface area contributed by atoms with Gasteiger partial charge in [-0.2, -0.15) is 0 Å². The van der Waals surface area contributed by atoms with Crippen molar-refractivity contribution in [1.29, 1.82) is 0 Å². The van der Waals surface area contributed by atoms with Crippen molar-refractivity contribution in [2.24, 2.45) is 11.3 Å². The van der Waals surface area contributed by atoms with E-state index in [1.165, 1.54) is 0 Å². The molecule has 18 heavy (non-hydrogen) atoms. The van der Waals surface area contributed by atoms with Crippen molar-refractivity contribution in [2.75, 3.05) is 0 Å². The number of ketones is 2. The first kappa shape index (κ1) is 13.1. The second-order valence-corrected chi connectivity index (χ2v) is 6.15. The van der Waals surface area contributed by atoms with Crippen molar-refractivity contribution in [3.05, 3.63) is 35.4 Å². The summed E-state index contributed by atoms with van der Waals surface area (Å²) in [6.07, 6.45) is 0. The Morgan fingerprint density at radius 2 is 1.33 bits per heavy atom. The third-order valence-electron chi connectivity index (χ3n) is 4.36. The molecular formula is C15H17BO2. The van der Waals surface area contributed by atoms with Gasteiger partial charge in [-0.3, -0.25) is 9.59 Å². The quantitative estimate of drug-likeness (QED) is 0.588. The normalized spacial score (nSPS) is 17.1. The maximum absolute atomic E-state index is 12.4. The van der Waals surface area contributed by atoms with Crippen molar-refractivity contribution >= 4 is 19.4 Å². The van der Waals surface area contributed by atoms with Crippen LogP contribution in [0, 0.1) is 11.3 Å². The number of hydrogen-bond acceptors (Lipinski definition) is 2. The van der Waals surface area contributed by atoms with E-state index in [9.17, 15) is 9.59 Å². The largest absolute Gasteiger partial charge is 0.293 e. The van der Waals surface area contributed by atoms with Crippen molar-refractivity contribution in [1.82, 2.24) is 0 Å². The van der Waals surface area contributed by atoms with E-state index in [1.54, 1.807) is 24.3 Å². The van der Waals surface area contributed by atoms with Crippen LogP contribution in [-0.2, 0) is 0 Å². The van der Waals surface area contributed by atoms with E-state index in [4.69, 9.17) is 7.85 Å². The minimum Gasteiger partial charge on any atom is -0.293 e. The fourth-order valence-electron chi connectivity index (χ4n) is 2.37. The minimum atomic E-state index is -0.671. The number of hydrogen-bond donors (Lipinski definition) is 0. The van der Waals surface area contributed by atoms with Gasteiger partial charge in [-0.1, -0.05) is 57.3 Å². The Hall–Kier alpha value is -1.38. The molecule has 0 aromatic heterocycles. The van der Waals surface area contributed by atoms with Crippen LogP contribution in [0.25, 0.3) is 0 Å². The molecule has 3 heteroatoms. The molecular weight excluding hydrogens is 223 g/mol. The summed E-state index contributed by atoms with van der Waals surface area (Å²) in [7, 11) is 6.15. The first-order valence-electron chi connectivity index (χ1n) is 6.14. The molecule has 1 aromatic carbocycles. The Labute approximate surface area is 109 Å². The topological polar surface area (TPSA) is 34.1 Å². The molecule has 0 atom stereocenters. The average Bonchev–Trinajstić information content (AvgIpc) is 2.51. The van der Waals surface area contributed by atoms with E-state index in [2.05, 4.69) is 0 Å². The molecule has 92 valence electrons. The highest BCUT2D eigenvalue weighted by molar-refractivity contribution is 6.27. The molecule has 0 spiro atoms. The number of carbonyl (C=O) groups is 2. The molecule has 1 aromatic rings. The Balaban J connectivity index is 2.53. The van der Waals surface area contributed by atoms with E-state index < -0.39 is 16.6 Å². The number of carbonyl (C=O) groups excluding carboxylic acids is 2. The molecule has 0 bridgehead atoms. The summed E-state index contributed by atoms with van der Waals surface area (Å²) >= 11 is 0. The Kier molecular flexibility index (Phi) is 2.76. The van der Waals surface area contributed by atoms with Crippen molar-refractivity contribution in [3.63, 3.8) is 0 Å². The molecule has 0 unspecified atom stereocenters. The van der Waals surface area contributed by atoms with Crippen LogP contribution in [0.2, 0.25) is 5.31 Å². The molecule has 0 aliphatic heterocycles. The lowest BCUT2D eigenvalue weighted by Crippen LogP contribution is -2.40. The first-order valence-corrected chi connectivity index (χ1v) is 6.14. The fraction of sp³-hybridized carbons (Fsp3) is 0.467. The molecule has 0 saturated carbocycles. The number of Topliss-reactive ketones (excluding diaryl/α,β-unsaturated/α-hetero) is 2. The molecule has 1 aliphatic carbocycles. The number of rotatable bonds is 2. The molecule has 2 radical (unpaired) electrons. The maximum atomic E-state index is 12.4. The summed E-state index contributed by atoms with van der Waals surface area (Å²) in [5, 5.41) is -0.606. The van der Waals surface area contributed by atoms with Crippen molar-refractivity contribution < 1.29 is 9.59 Å². The number of benzene rings is 1. The van der Waals surface area contributed by atoms with Gasteiger partial charge in [-0.25, -0.2) is 0 Å². The zero-order chi connectivity index (χ0) is 13.7. The molecule has 2 rings (SSSR count). The van der Waals surface area contributed by atoms with Crippen LogP contribution in [-0.4, -0.2) is 19.4 Å². The molecule has 2 nitrogen and oxygen atoms in total. The summed E-state index contributed by atoms with van der Waals surface area (Å²) in [5.41, 5.74) is 0.481. The van der Waals surface area contributed by atoms with Gasteiger partial charge < -0.3 is 0 Å². The summed E-state index contributed by atoms with van der Waals surface area (Å²) in [6.45, 7) is 7.49. The van der Waals surface area contributed by atoms with E-state index in [0.29, 0.717) is 11.1 Å².